The summed E-state index contributed by atoms with van der Waals surface area (Å²) >= 11 is 0. The van der Waals surface area contributed by atoms with Crippen LogP contribution in [0.1, 0.15) is 17.4 Å². The number of aliphatic carboxylic acids is 1. The molecule has 1 amide bonds. The first kappa shape index (κ1) is 13.3. The van der Waals surface area contributed by atoms with E-state index in [1.807, 2.05) is 6.92 Å². The average molecular weight is 265 g/mol. The van der Waals surface area contributed by atoms with Gasteiger partial charge in [-0.3, -0.25) is 9.59 Å². The first-order chi connectivity index (χ1) is 9.02. The lowest BCUT2D eigenvalue weighted by Gasteiger charge is -2.14. The van der Waals surface area contributed by atoms with Crippen molar-refractivity contribution in [2.45, 2.75) is 6.92 Å². The number of carbonyl (C=O) groups excluding carboxylic acids is 1. The first-order valence-corrected chi connectivity index (χ1v) is 5.92. The molecule has 0 aromatic carbocycles. The van der Waals surface area contributed by atoms with Crippen molar-refractivity contribution >= 4 is 11.9 Å². The van der Waals surface area contributed by atoms with Crippen LogP contribution in [-0.4, -0.2) is 52.3 Å². The van der Waals surface area contributed by atoms with Crippen molar-refractivity contribution in [3.8, 4) is 5.88 Å². The fourth-order valence-electron chi connectivity index (χ4n) is 2.16. The van der Waals surface area contributed by atoms with E-state index >= 15 is 0 Å². The van der Waals surface area contributed by atoms with Crippen molar-refractivity contribution in [1.29, 1.82) is 0 Å². The zero-order chi connectivity index (χ0) is 14.0. The molecule has 1 fully saturated rings. The minimum Gasteiger partial charge on any atom is -0.481 e. The molecule has 0 radical (unpaired) electrons. The summed E-state index contributed by atoms with van der Waals surface area (Å²) in [7, 11) is 1.46. The third-order valence-electron chi connectivity index (χ3n) is 3.29. The molecule has 1 N–H and O–H groups in total. The lowest BCUT2D eigenvalue weighted by molar-refractivity contribution is -0.142. The van der Waals surface area contributed by atoms with Crippen molar-refractivity contribution in [2.24, 2.45) is 11.8 Å². The Kier molecular flexibility index (Phi) is 3.64. The van der Waals surface area contributed by atoms with E-state index < -0.39 is 11.9 Å². The molecule has 1 aliphatic heterocycles. The fraction of sp³-hybridized carbons (Fsp3) is 0.500. The quantitative estimate of drug-likeness (QED) is 0.843. The minimum atomic E-state index is -0.872. The summed E-state index contributed by atoms with van der Waals surface area (Å²) in [6.07, 6.45) is 0. The van der Waals surface area contributed by atoms with Gasteiger partial charge in [-0.2, -0.15) is 0 Å². The maximum atomic E-state index is 12.1. The standard InChI is InChI=1S/C12H15N3O4/c1-7-5-15(6-8(7)12(17)18)11(16)9-3-4-10(19-2)14-13-9/h3-4,7-8H,5-6H2,1-2H3,(H,17,18)/t7-,8-/m1/s1. The second-order valence-corrected chi connectivity index (χ2v) is 4.59. The van der Waals surface area contributed by atoms with Gasteiger partial charge in [0.1, 0.15) is 0 Å². The van der Waals surface area contributed by atoms with Gasteiger partial charge in [-0.15, -0.1) is 10.2 Å². The molecule has 1 aromatic heterocycles. The Morgan fingerprint density at radius 1 is 1.37 bits per heavy atom. The Morgan fingerprint density at radius 2 is 2.11 bits per heavy atom. The lowest BCUT2D eigenvalue weighted by atomic mass is 9.99. The Balaban J connectivity index is 2.10. The molecule has 2 rings (SSSR count). The van der Waals surface area contributed by atoms with Gasteiger partial charge in [0.05, 0.1) is 13.0 Å². The maximum absolute atomic E-state index is 12.1. The molecule has 7 nitrogen and oxygen atoms in total. The topological polar surface area (TPSA) is 92.6 Å². The zero-order valence-corrected chi connectivity index (χ0v) is 10.7. The highest BCUT2D eigenvalue weighted by atomic mass is 16.5. The number of hydrogen-bond donors (Lipinski definition) is 1. The first-order valence-electron chi connectivity index (χ1n) is 5.92. The predicted octanol–water partition coefficient (Wildman–Crippen LogP) is 0.278. The highest BCUT2D eigenvalue weighted by Crippen LogP contribution is 2.24. The number of rotatable bonds is 3. The molecule has 2 atom stereocenters. The van der Waals surface area contributed by atoms with E-state index in [0.717, 1.165) is 0 Å². The van der Waals surface area contributed by atoms with E-state index in [0.29, 0.717) is 12.4 Å². The zero-order valence-electron chi connectivity index (χ0n) is 10.7. The van der Waals surface area contributed by atoms with E-state index in [9.17, 15) is 9.59 Å². The number of ether oxygens (including phenoxy) is 1. The van der Waals surface area contributed by atoms with Gasteiger partial charge >= 0.3 is 5.97 Å². The summed E-state index contributed by atoms with van der Waals surface area (Å²) in [4.78, 5) is 24.7. The van der Waals surface area contributed by atoms with Crippen LogP contribution < -0.4 is 4.74 Å². The van der Waals surface area contributed by atoms with Crippen LogP contribution in [0.2, 0.25) is 0 Å². The number of carboxylic acid groups (broad SMARTS) is 1. The molecular formula is C12H15N3O4. The summed E-state index contributed by atoms with van der Waals surface area (Å²) in [5.41, 5.74) is 0.194. The molecule has 0 unspecified atom stereocenters. The van der Waals surface area contributed by atoms with Gasteiger partial charge in [0.15, 0.2) is 5.69 Å². The number of carbonyl (C=O) groups is 2. The third kappa shape index (κ3) is 2.64. The number of carboxylic acids is 1. The fourth-order valence-corrected chi connectivity index (χ4v) is 2.16. The van der Waals surface area contributed by atoms with E-state index in [1.54, 1.807) is 6.07 Å². The van der Waals surface area contributed by atoms with Gasteiger partial charge in [-0.25, -0.2) is 0 Å². The van der Waals surface area contributed by atoms with E-state index in [1.165, 1.54) is 18.1 Å². The summed E-state index contributed by atoms with van der Waals surface area (Å²) in [5, 5.41) is 16.5. The Bertz CT molecular complexity index is 488. The smallest absolute Gasteiger partial charge is 0.308 e. The van der Waals surface area contributed by atoms with Crippen LogP contribution in [0, 0.1) is 11.8 Å². The summed E-state index contributed by atoms with van der Waals surface area (Å²) in [5.74, 6) is -1.42. The van der Waals surface area contributed by atoms with E-state index in [-0.39, 0.29) is 24.1 Å². The van der Waals surface area contributed by atoms with E-state index in [2.05, 4.69) is 10.2 Å². The number of likely N-dealkylation sites (tertiary alicyclic amines) is 1. The minimum absolute atomic E-state index is 0.0624. The molecule has 19 heavy (non-hydrogen) atoms. The molecular weight excluding hydrogens is 250 g/mol. The van der Waals surface area contributed by atoms with Crippen LogP contribution in [0.3, 0.4) is 0 Å². The van der Waals surface area contributed by atoms with Gasteiger partial charge in [0.25, 0.3) is 5.91 Å². The largest absolute Gasteiger partial charge is 0.481 e. The number of hydrogen-bond acceptors (Lipinski definition) is 5. The van der Waals surface area contributed by atoms with Gasteiger partial charge in [-0.05, 0) is 12.0 Å². The molecule has 1 aliphatic rings. The van der Waals surface area contributed by atoms with Crippen molar-refractivity contribution in [3.63, 3.8) is 0 Å². The van der Waals surface area contributed by atoms with Crippen LogP contribution in [0.15, 0.2) is 12.1 Å². The normalized spacial score (nSPS) is 22.3. The van der Waals surface area contributed by atoms with Crippen LogP contribution in [0.25, 0.3) is 0 Å². The van der Waals surface area contributed by atoms with Crippen molar-refractivity contribution in [3.05, 3.63) is 17.8 Å². The lowest BCUT2D eigenvalue weighted by Crippen LogP contribution is -2.30. The molecule has 0 aliphatic carbocycles. The van der Waals surface area contributed by atoms with Crippen LogP contribution in [0.5, 0.6) is 5.88 Å². The predicted molar refractivity (Wildman–Crippen MR) is 64.8 cm³/mol. The second-order valence-electron chi connectivity index (χ2n) is 4.59. The Labute approximate surface area is 110 Å². The Morgan fingerprint density at radius 3 is 2.58 bits per heavy atom. The van der Waals surface area contributed by atoms with E-state index in [4.69, 9.17) is 9.84 Å². The number of nitrogens with zero attached hydrogens (tertiary/aromatic N) is 3. The van der Waals surface area contributed by atoms with Crippen LogP contribution in [0.4, 0.5) is 0 Å². The van der Waals surface area contributed by atoms with Crippen LogP contribution >= 0.6 is 0 Å². The van der Waals surface area contributed by atoms with Crippen molar-refractivity contribution < 1.29 is 19.4 Å². The highest BCUT2D eigenvalue weighted by Gasteiger charge is 2.37. The molecule has 1 saturated heterocycles. The summed E-state index contributed by atoms with van der Waals surface area (Å²) in [6, 6.07) is 3.07. The number of methoxy groups -OCH3 is 1. The molecule has 7 heteroatoms. The maximum Gasteiger partial charge on any atom is 0.308 e. The molecule has 0 spiro atoms. The SMILES string of the molecule is COc1ccc(C(=O)N2C[C@@H](C)[C@H](C(=O)O)C2)nn1. The molecule has 0 bridgehead atoms. The van der Waals surface area contributed by atoms with Crippen molar-refractivity contribution in [1.82, 2.24) is 15.1 Å². The molecule has 1 aromatic rings. The van der Waals surface area contributed by atoms with Gasteiger partial charge in [0.2, 0.25) is 5.88 Å². The Hall–Kier alpha value is -2.18. The second kappa shape index (κ2) is 5.21. The molecule has 102 valence electrons. The third-order valence-corrected chi connectivity index (χ3v) is 3.29. The highest BCUT2D eigenvalue weighted by molar-refractivity contribution is 5.92. The number of amides is 1. The van der Waals surface area contributed by atoms with Gasteiger partial charge < -0.3 is 14.7 Å². The number of aromatic nitrogens is 2. The molecule has 2 heterocycles. The van der Waals surface area contributed by atoms with Crippen molar-refractivity contribution in [2.75, 3.05) is 20.2 Å². The average Bonchev–Trinajstić information content (AvgIpc) is 2.80. The summed E-state index contributed by atoms with van der Waals surface area (Å²) < 4.78 is 4.86. The monoisotopic (exact) mass is 265 g/mol. The summed E-state index contributed by atoms with van der Waals surface area (Å²) in [6.45, 7) is 2.46. The van der Waals surface area contributed by atoms with Crippen LogP contribution in [-0.2, 0) is 4.79 Å². The molecule has 0 saturated carbocycles. The van der Waals surface area contributed by atoms with Gasteiger partial charge in [0, 0.05) is 19.2 Å². The van der Waals surface area contributed by atoms with Gasteiger partial charge in [-0.1, -0.05) is 6.92 Å².